The molecule has 0 aliphatic heterocycles. The molecule has 0 saturated carbocycles. The summed E-state index contributed by atoms with van der Waals surface area (Å²) in [6, 6.07) is 14.5. The minimum Gasteiger partial charge on any atom is -0.487 e. The highest BCUT2D eigenvalue weighted by Gasteiger charge is 2.21. The molecule has 0 N–H and O–H groups in total. The average Bonchev–Trinajstić information content (AvgIpc) is 3.37. The summed E-state index contributed by atoms with van der Waals surface area (Å²) in [6.45, 7) is 6.74. The number of carbonyl (C=O) groups is 1. The van der Waals surface area contributed by atoms with Crippen LogP contribution in [0.4, 0.5) is 0 Å². The molecule has 0 aliphatic carbocycles. The van der Waals surface area contributed by atoms with Gasteiger partial charge in [-0.1, -0.05) is 41.0 Å². The lowest BCUT2D eigenvalue weighted by Gasteiger charge is -2.16. The SMILES string of the molecule is CCCON=C(COc1cccc(CC(OCC)C(=O)OCC)c1)c1nc(-c2ccc(Cl)cc2)no1. The zero-order valence-corrected chi connectivity index (χ0v) is 21.4. The average molecular weight is 516 g/mol. The van der Waals surface area contributed by atoms with Crippen LogP contribution in [0.5, 0.6) is 5.75 Å². The smallest absolute Gasteiger partial charge is 0.335 e. The first-order valence-electron chi connectivity index (χ1n) is 11.8. The lowest BCUT2D eigenvalue weighted by Crippen LogP contribution is -2.29. The molecular formula is C26H30ClN3O6. The number of hydrogen-bond acceptors (Lipinski definition) is 9. The minimum absolute atomic E-state index is 0.0299. The molecule has 192 valence electrons. The zero-order chi connectivity index (χ0) is 25.8. The van der Waals surface area contributed by atoms with Gasteiger partial charge in [0.15, 0.2) is 11.8 Å². The number of aromatic nitrogens is 2. The monoisotopic (exact) mass is 515 g/mol. The maximum Gasteiger partial charge on any atom is 0.335 e. The van der Waals surface area contributed by atoms with Crippen molar-refractivity contribution in [3.8, 4) is 17.1 Å². The largest absolute Gasteiger partial charge is 0.487 e. The predicted octanol–water partition coefficient (Wildman–Crippen LogP) is 5.11. The Morgan fingerprint density at radius 3 is 2.64 bits per heavy atom. The first kappa shape index (κ1) is 27.2. The van der Waals surface area contributed by atoms with Crippen molar-refractivity contribution in [3.63, 3.8) is 0 Å². The Hall–Kier alpha value is -3.43. The van der Waals surface area contributed by atoms with Gasteiger partial charge >= 0.3 is 5.97 Å². The lowest BCUT2D eigenvalue weighted by molar-refractivity contribution is -0.156. The lowest BCUT2D eigenvalue weighted by atomic mass is 10.1. The highest BCUT2D eigenvalue weighted by molar-refractivity contribution is 6.30. The van der Waals surface area contributed by atoms with E-state index in [1.54, 1.807) is 37.3 Å². The van der Waals surface area contributed by atoms with Crippen LogP contribution in [0.1, 0.15) is 38.6 Å². The van der Waals surface area contributed by atoms with Gasteiger partial charge in [-0.25, -0.2) is 4.79 Å². The third-order valence-corrected chi connectivity index (χ3v) is 5.11. The van der Waals surface area contributed by atoms with Crippen LogP contribution in [-0.4, -0.2) is 54.4 Å². The molecule has 3 aromatic rings. The van der Waals surface area contributed by atoms with Crippen LogP contribution in [0.15, 0.2) is 58.2 Å². The third-order valence-electron chi connectivity index (χ3n) is 4.86. The summed E-state index contributed by atoms with van der Waals surface area (Å²) in [7, 11) is 0. The molecule has 0 aliphatic rings. The number of carbonyl (C=O) groups excluding carboxylic acids is 1. The summed E-state index contributed by atoms with van der Waals surface area (Å²) in [4.78, 5) is 22.0. The Bertz CT molecular complexity index is 1130. The molecular weight excluding hydrogens is 486 g/mol. The molecule has 0 fully saturated rings. The van der Waals surface area contributed by atoms with Crippen LogP contribution in [0.2, 0.25) is 5.02 Å². The molecule has 0 spiro atoms. The molecule has 0 amide bonds. The Labute approximate surface area is 215 Å². The van der Waals surface area contributed by atoms with Crippen LogP contribution >= 0.6 is 11.6 Å². The van der Waals surface area contributed by atoms with Gasteiger partial charge in [-0.15, -0.1) is 0 Å². The van der Waals surface area contributed by atoms with Crippen LogP contribution in [0.25, 0.3) is 11.4 Å². The van der Waals surface area contributed by atoms with Crippen molar-refractivity contribution >= 4 is 23.3 Å². The second-order valence-electron chi connectivity index (χ2n) is 7.64. The molecule has 36 heavy (non-hydrogen) atoms. The summed E-state index contributed by atoms with van der Waals surface area (Å²) in [5, 5.41) is 8.80. The van der Waals surface area contributed by atoms with Gasteiger partial charge in [0, 0.05) is 23.6 Å². The molecule has 0 radical (unpaired) electrons. The highest BCUT2D eigenvalue weighted by Crippen LogP contribution is 2.20. The maximum absolute atomic E-state index is 12.2. The van der Waals surface area contributed by atoms with Crippen molar-refractivity contribution in [2.45, 2.75) is 39.7 Å². The third kappa shape index (κ3) is 8.07. The van der Waals surface area contributed by atoms with Crippen molar-refractivity contribution in [2.24, 2.45) is 5.16 Å². The summed E-state index contributed by atoms with van der Waals surface area (Å²) in [5.74, 6) is 0.770. The van der Waals surface area contributed by atoms with E-state index in [0.717, 1.165) is 17.5 Å². The number of benzene rings is 2. The van der Waals surface area contributed by atoms with E-state index in [4.69, 9.17) is 35.2 Å². The van der Waals surface area contributed by atoms with Crippen LogP contribution in [0.3, 0.4) is 0 Å². The number of oxime groups is 1. The fraction of sp³-hybridized carbons (Fsp3) is 0.385. The van der Waals surface area contributed by atoms with Crippen molar-refractivity contribution < 1.29 is 28.4 Å². The molecule has 2 aromatic carbocycles. The molecule has 1 atom stereocenters. The molecule has 3 rings (SSSR count). The quantitative estimate of drug-likeness (QED) is 0.126. The van der Waals surface area contributed by atoms with E-state index in [-0.39, 0.29) is 18.5 Å². The first-order chi connectivity index (χ1) is 17.5. The fourth-order valence-corrected chi connectivity index (χ4v) is 3.30. The Morgan fingerprint density at radius 2 is 1.92 bits per heavy atom. The van der Waals surface area contributed by atoms with Gasteiger partial charge in [0.2, 0.25) is 5.82 Å². The second-order valence-corrected chi connectivity index (χ2v) is 8.07. The van der Waals surface area contributed by atoms with Crippen molar-refractivity contribution in [1.29, 1.82) is 0 Å². The number of halogens is 1. The van der Waals surface area contributed by atoms with E-state index in [1.807, 2.05) is 32.0 Å². The van der Waals surface area contributed by atoms with Gasteiger partial charge in [0.05, 0.1) is 6.61 Å². The second kappa shape index (κ2) is 14.2. The van der Waals surface area contributed by atoms with Gasteiger partial charge < -0.3 is 23.6 Å². The highest BCUT2D eigenvalue weighted by atomic mass is 35.5. The first-order valence-corrected chi connectivity index (χ1v) is 12.2. The number of hydrogen-bond donors (Lipinski definition) is 0. The summed E-state index contributed by atoms with van der Waals surface area (Å²) in [6.07, 6.45) is 0.467. The van der Waals surface area contributed by atoms with E-state index in [1.165, 1.54) is 0 Å². The molecule has 9 nitrogen and oxygen atoms in total. The number of nitrogens with zero attached hydrogens (tertiary/aromatic N) is 3. The topological polar surface area (TPSA) is 105 Å². The van der Waals surface area contributed by atoms with E-state index < -0.39 is 6.10 Å². The molecule has 0 saturated heterocycles. The number of esters is 1. The van der Waals surface area contributed by atoms with E-state index >= 15 is 0 Å². The summed E-state index contributed by atoms with van der Waals surface area (Å²) < 4.78 is 22.1. The number of rotatable bonds is 14. The number of ether oxygens (including phenoxy) is 3. The molecule has 1 unspecified atom stereocenters. The summed E-state index contributed by atoms with van der Waals surface area (Å²) in [5.41, 5.74) is 1.96. The minimum atomic E-state index is -0.686. The van der Waals surface area contributed by atoms with Gasteiger partial charge in [0.25, 0.3) is 5.89 Å². The van der Waals surface area contributed by atoms with Crippen molar-refractivity contribution in [1.82, 2.24) is 10.1 Å². The Balaban J connectivity index is 1.72. The van der Waals surface area contributed by atoms with Gasteiger partial charge in [-0.2, -0.15) is 4.98 Å². The Morgan fingerprint density at radius 1 is 1.11 bits per heavy atom. The maximum atomic E-state index is 12.2. The van der Waals surface area contributed by atoms with Crippen LogP contribution in [0, 0.1) is 0 Å². The molecule has 0 bridgehead atoms. The standard InChI is InChI=1S/C26H30ClN3O6/c1-4-14-35-29-22(25-28-24(30-36-25)19-10-12-20(27)13-11-19)17-34-21-9-7-8-18(15-21)16-23(32-5-2)26(31)33-6-3/h7-13,15,23H,4-6,14,16-17H2,1-3H3. The van der Waals surface area contributed by atoms with Crippen LogP contribution < -0.4 is 4.74 Å². The van der Waals surface area contributed by atoms with E-state index in [2.05, 4.69) is 15.3 Å². The van der Waals surface area contributed by atoms with E-state index in [9.17, 15) is 4.79 Å². The molecule has 1 heterocycles. The Kier molecular flexibility index (Phi) is 10.7. The molecule has 1 aromatic heterocycles. The summed E-state index contributed by atoms with van der Waals surface area (Å²) >= 11 is 5.96. The van der Waals surface area contributed by atoms with Crippen molar-refractivity contribution in [3.05, 3.63) is 65.0 Å². The normalized spacial score (nSPS) is 12.3. The predicted molar refractivity (Wildman–Crippen MR) is 135 cm³/mol. The van der Waals surface area contributed by atoms with Crippen LogP contribution in [-0.2, 0) is 25.5 Å². The van der Waals surface area contributed by atoms with Gasteiger partial charge in [0.1, 0.15) is 19.0 Å². The molecule has 10 heteroatoms. The zero-order valence-electron chi connectivity index (χ0n) is 20.6. The van der Waals surface area contributed by atoms with Crippen molar-refractivity contribution in [2.75, 3.05) is 26.4 Å². The van der Waals surface area contributed by atoms with Gasteiger partial charge in [-0.05, 0) is 62.2 Å². The fourth-order valence-electron chi connectivity index (χ4n) is 3.17. The van der Waals surface area contributed by atoms with E-state index in [0.29, 0.717) is 48.5 Å². The van der Waals surface area contributed by atoms with Gasteiger partial charge in [-0.3, -0.25) is 0 Å².